The Morgan fingerprint density at radius 3 is 2.43 bits per heavy atom. The number of carbonyl (C=O) groups excluding carboxylic acids is 1. The Balaban J connectivity index is 1.31. The Labute approximate surface area is 166 Å². The summed E-state index contributed by atoms with van der Waals surface area (Å²) in [5.74, 6) is 1.65. The van der Waals surface area contributed by atoms with E-state index in [1.807, 2.05) is 0 Å². The van der Waals surface area contributed by atoms with Crippen molar-refractivity contribution in [3.05, 3.63) is 35.7 Å². The number of carbonyl (C=O) groups is 1. The van der Waals surface area contributed by atoms with Crippen LogP contribution in [0.2, 0.25) is 0 Å². The van der Waals surface area contributed by atoms with Crippen LogP contribution in [0.5, 0.6) is 0 Å². The van der Waals surface area contributed by atoms with Gasteiger partial charge < -0.3 is 9.84 Å². The first-order valence-electron chi connectivity index (χ1n) is 10.3. The molecular weight excluding hydrogens is 352 g/mol. The lowest BCUT2D eigenvalue weighted by Gasteiger charge is -2.30. The third-order valence-corrected chi connectivity index (χ3v) is 5.72. The second kappa shape index (κ2) is 7.66. The van der Waals surface area contributed by atoms with Crippen molar-refractivity contribution in [2.45, 2.75) is 64.5 Å². The van der Waals surface area contributed by atoms with Crippen molar-refractivity contribution in [1.29, 1.82) is 0 Å². The monoisotopic (exact) mass is 382 g/mol. The number of nitrogens with one attached hydrogen (secondary N) is 1. The minimum Gasteiger partial charge on any atom is -0.353 e. The van der Waals surface area contributed by atoms with Gasteiger partial charge in [-0.3, -0.25) is 9.69 Å². The van der Waals surface area contributed by atoms with Crippen molar-refractivity contribution in [1.82, 2.24) is 20.4 Å². The van der Waals surface area contributed by atoms with Gasteiger partial charge in [0.25, 0.3) is 0 Å². The SMILES string of the molecule is CC(C)(C)c1ccc(-c2noc(CN3CCC(C(=O)NC4CC4)CC3)n2)cc1. The van der Waals surface area contributed by atoms with Gasteiger partial charge in [0.1, 0.15) is 0 Å². The van der Waals surface area contributed by atoms with Gasteiger partial charge in [-0.1, -0.05) is 50.2 Å². The highest BCUT2D eigenvalue weighted by Gasteiger charge is 2.30. The van der Waals surface area contributed by atoms with Crippen LogP contribution >= 0.6 is 0 Å². The highest BCUT2D eigenvalue weighted by molar-refractivity contribution is 5.79. The summed E-state index contributed by atoms with van der Waals surface area (Å²) in [4.78, 5) is 19.1. The molecule has 1 saturated heterocycles. The predicted octanol–water partition coefficient (Wildman–Crippen LogP) is 3.52. The van der Waals surface area contributed by atoms with Gasteiger partial charge in [-0.05, 0) is 49.8 Å². The normalized spacial score (nSPS) is 19.0. The third-order valence-electron chi connectivity index (χ3n) is 5.72. The summed E-state index contributed by atoms with van der Waals surface area (Å²) >= 11 is 0. The number of benzene rings is 1. The summed E-state index contributed by atoms with van der Waals surface area (Å²) in [6, 6.07) is 8.81. The average molecular weight is 383 g/mol. The zero-order valence-corrected chi connectivity index (χ0v) is 17.1. The summed E-state index contributed by atoms with van der Waals surface area (Å²) in [6.07, 6.45) is 4.08. The smallest absolute Gasteiger partial charge is 0.241 e. The molecule has 0 atom stereocenters. The lowest BCUT2D eigenvalue weighted by Crippen LogP contribution is -2.40. The average Bonchev–Trinajstić information content (AvgIpc) is 3.36. The number of hydrogen-bond donors (Lipinski definition) is 1. The molecule has 4 rings (SSSR count). The molecule has 28 heavy (non-hydrogen) atoms. The quantitative estimate of drug-likeness (QED) is 0.857. The molecule has 6 heteroatoms. The highest BCUT2D eigenvalue weighted by atomic mass is 16.5. The van der Waals surface area contributed by atoms with E-state index in [0.717, 1.165) is 44.3 Å². The number of rotatable bonds is 5. The molecule has 0 radical (unpaired) electrons. The zero-order valence-electron chi connectivity index (χ0n) is 17.1. The summed E-state index contributed by atoms with van der Waals surface area (Å²) in [7, 11) is 0. The van der Waals surface area contributed by atoms with Gasteiger partial charge in [0.2, 0.25) is 17.6 Å². The van der Waals surface area contributed by atoms with Crippen molar-refractivity contribution in [3.8, 4) is 11.4 Å². The van der Waals surface area contributed by atoms with Gasteiger partial charge in [-0.2, -0.15) is 4.98 Å². The van der Waals surface area contributed by atoms with E-state index in [9.17, 15) is 4.79 Å². The number of aromatic nitrogens is 2. The fourth-order valence-electron chi connectivity index (χ4n) is 3.65. The van der Waals surface area contributed by atoms with Crippen molar-refractivity contribution >= 4 is 5.91 Å². The first-order valence-corrected chi connectivity index (χ1v) is 10.3. The summed E-state index contributed by atoms with van der Waals surface area (Å²) in [6.45, 7) is 9.03. The minimum atomic E-state index is 0.128. The van der Waals surface area contributed by atoms with E-state index in [4.69, 9.17) is 4.52 Å². The van der Waals surface area contributed by atoms with E-state index in [2.05, 4.69) is 65.4 Å². The van der Waals surface area contributed by atoms with Crippen LogP contribution in [0.25, 0.3) is 11.4 Å². The van der Waals surface area contributed by atoms with Crippen LogP contribution in [0.3, 0.4) is 0 Å². The van der Waals surface area contributed by atoms with Gasteiger partial charge in [0, 0.05) is 17.5 Å². The maximum atomic E-state index is 12.2. The second-order valence-corrected chi connectivity index (χ2v) is 9.17. The molecule has 2 aromatic rings. The zero-order chi connectivity index (χ0) is 19.7. The molecule has 0 bridgehead atoms. The molecule has 1 saturated carbocycles. The molecule has 2 heterocycles. The van der Waals surface area contributed by atoms with Crippen LogP contribution in [0, 0.1) is 5.92 Å². The first-order chi connectivity index (χ1) is 13.4. The van der Waals surface area contributed by atoms with Gasteiger partial charge in [0.05, 0.1) is 6.54 Å². The molecule has 1 amide bonds. The molecule has 0 unspecified atom stereocenters. The molecular formula is C22H30N4O2. The van der Waals surface area contributed by atoms with E-state index in [1.165, 1.54) is 5.56 Å². The van der Waals surface area contributed by atoms with Crippen molar-refractivity contribution in [2.75, 3.05) is 13.1 Å². The number of piperidine rings is 1. The summed E-state index contributed by atoms with van der Waals surface area (Å²) in [5.41, 5.74) is 2.38. The minimum absolute atomic E-state index is 0.128. The molecule has 1 aliphatic carbocycles. The fourth-order valence-corrected chi connectivity index (χ4v) is 3.65. The molecule has 1 aromatic carbocycles. The first kappa shape index (κ1) is 19.1. The molecule has 2 fully saturated rings. The maximum Gasteiger partial charge on any atom is 0.241 e. The van der Waals surface area contributed by atoms with Crippen LogP contribution in [0.15, 0.2) is 28.8 Å². The van der Waals surface area contributed by atoms with Crippen LogP contribution in [0.1, 0.15) is 57.9 Å². The van der Waals surface area contributed by atoms with E-state index in [-0.39, 0.29) is 17.2 Å². The van der Waals surface area contributed by atoms with Gasteiger partial charge in [0.15, 0.2) is 0 Å². The Morgan fingerprint density at radius 1 is 1.14 bits per heavy atom. The van der Waals surface area contributed by atoms with Crippen LogP contribution < -0.4 is 5.32 Å². The van der Waals surface area contributed by atoms with Gasteiger partial charge in [-0.25, -0.2) is 0 Å². The van der Waals surface area contributed by atoms with E-state index in [1.54, 1.807) is 0 Å². The van der Waals surface area contributed by atoms with Gasteiger partial charge >= 0.3 is 0 Å². The van der Waals surface area contributed by atoms with Crippen LogP contribution in [-0.4, -0.2) is 40.1 Å². The summed E-state index contributed by atoms with van der Waals surface area (Å²) in [5, 5.41) is 7.27. The number of amides is 1. The third kappa shape index (κ3) is 4.61. The van der Waals surface area contributed by atoms with E-state index >= 15 is 0 Å². The largest absolute Gasteiger partial charge is 0.353 e. The number of likely N-dealkylation sites (tertiary alicyclic amines) is 1. The Morgan fingerprint density at radius 2 is 1.82 bits per heavy atom. The molecule has 1 N–H and O–H groups in total. The maximum absolute atomic E-state index is 12.2. The molecule has 1 aliphatic heterocycles. The predicted molar refractivity (Wildman–Crippen MR) is 108 cm³/mol. The Hall–Kier alpha value is -2.21. The molecule has 6 nitrogen and oxygen atoms in total. The van der Waals surface area contributed by atoms with E-state index < -0.39 is 0 Å². The van der Waals surface area contributed by atoms with E-state index in [0.29, 0.717) is 24.3 Å². The lowest BCUT2D eigenvalue weighted by molar-refractivity contribution is -0.126. The molecule has 0 spiro atoms. The van der Waals surface area contributed by atoms with Crippen LogP contribution in [0.4, 0.5) is 0 Å². The second-order valence-electron chi connectivity index (χ2n) is 9.17. The van der Waals surface area contributed by atoms with Crippen molar-refractivity contribution < 1.29 is 9.32 Å². The topological polar surface area (TPSA) is 71.3 Å². The van der Waals surface area contributed by atoms with Gasteiger partial charge in [-0.15, -0.1) is 0 Å². The van der Waals surface area contributed by atoms with Crippen molar-refractivity contribution in [2.24, 2.45) is 5.92 Å². The molecule has 150 valence electrons. The molecule has 2 aliphatic rings. The number of nitrogens with zero attached hydrogens (tertiary/aromatic N) is 3. The Kier molecular flexibility index (Phi) is 5.23. The molecule has 1 aromatic heterocycles. The highest BCUT2D eigenvalue weighted by Crippen LogP contribution is 2.26. The lowest BCUT2D eigenvalue weighted by atomic mass is 9.87. The summed E-state index contributed by atoms with van der Waals surface area (Å²) < 4.78 is 5.47. The van der Waals surface area contributed by atoms with Crippen LogP contribution in [-0.2, 0) is 16.8 Å². The Bertz CT molecular complexity index is 810. The fraction of sp³-hybridized carbons (Fsp3) is 0.591. The number of hydrogen-bond acceptors (Lipinski definition) is 5. The van der Waals surface area contributed by atoms with Crippen molar-refractivity contribution in [3.63, 3.8) is 0 Å². The standard InChI is InChI=1S/C22H30N4O2/c1-22(2,3)17-6-4-15(5-7-17)20-24-19(28-25-20)14-26-12-10-16(11-13-26)21(27)23-18-8-9-18/h4-7,16,18H,8-14H2,1-3H3,(H,23,27).